The van der Waals surface area contributed by atoms with Crippen LogP contribution in [-0.4, -0.2) is 27.2 Å². The summed E-state index contributed by atoms with van der Waals surface area (Å²) in [6.45, 7) is 2.78. The highest BCUT2D eigenvalue weighted by atomic mass is 127. The van der Waals surface area contributed by atoms with Gasteiger partial charge in [-0.2, -0.15) is 0 Å². The van der Waals surface area contributed by atoms with Gasteiger partial charge < -0.3 is 20.1 Å². The summed E-state index contributed by atoms with van der Waals surface area (Å²) in [5.41, 5.74) is 3.33. The molecule has 0 atom stereocenters. The van der Waals surface area contributed by atoms with Crippen molar-refractivity contribution in [2.75, 3.05) is 26.6 Å². The van der Waals surface area contributed by atoms with Gasteiger partial charge in [-0.1, -0.05) is 29.8 Å². The molecule has 0 unspecified atom stereocenters. The van der Waals surface area contributed by atoms with E-state index in [9.17, 15) is 0 Å². The third kappa shape index (κ3) is 5.59. The molecule has 2 N–H and O–H groups in total. The van der Waals surface area contributed by atoms with Crippen LogP contribution in [-0.2, 0) is 6.54 Å². The van der Waals surface area contributed by atoms with Crippen LogP contribution >= 0.6 is 24.0 Å². The van der Waals surface area contributed by atoms with E-state index in [1.807, 2.05) is 18.2 Å². The zero-order valence-electron chi connectivity index (χ0n) is 14.4. The SMILES string of the molecule is CN=C(NCc1ccc(C)cc1)Nc1ccc(OC)c(OC)c1.I. The Hall–Kier alpha value is -1.96. The fraction of sp³-hybridized carbons (Fsp3) is 0.278. The molecule has 0 amide bonds. The average Bonchev–Trinajstić information content (AvgIpc) is 2.59. The van der Waals surface area contributed by atoms with Gasteiger partial charge in [0.25, 0.3) is 0 Å². The monoisotopic (exact) mass is 441 g/mol. The molecular weight excluding hydrogens is 417 g/mol. The fourth-order valence-corrected chi connectivity index (χ4v) is 2.12. The fourth-order valence-electron chi connectivity index (χ4n) is 2.12. The first kappa shape index (κ1) is 20.1. The highest BCUT2D eigenvalue weighted by Gasteiger charge is 2.06. The van der Waals surface area contributed by atoms with Crippen molar-refractivity contribution in [2.45, 2.75) is 13.5 Å². The number of methoxy groups -OCH3 is 2. The number of benzene rings is 2. The molecule has 0 saturated heterocycles. The Morgan fingerprint density at radius 3 is 2.25 bits per heavy atom. The molecule has 0 aliphatic rings. The zero-order valence-corrected chi connectivity index (χ0v) is 16.8. The molecule has 2 aromatic carbocycles. The van der Waals surface area contributed by atoms with Crippen LogP contribution in [0.2, 0.25) is 0 Å². The van der Waals surface area contributed by atoms with Gasteiger partial charge in [0.2, 0.25) is 0 Å². The molecule has 0 saturated carbocycles. The summed E-state index contributed by atoms with van der Waals surface area (Å²) in [6.07, 6.45) is 0. The molecular formula is C18H24IN3O2. The van der Waals surface area contributed by atoms with Crippen molar-refractivity contribution in [3.05, 3.63) is 53.6 Å². The Kier molecular flexibility index (Phi) is 8.39. The molecule has 24 heavy (non-hydrogen) atoms. The predicted octanol–water partition coefficient (Wildman–Crippen LogP) is 3.82. The minimum atomic E-state index is 0. The van der Waals surface area contributed by atoms with E-state index in [1.165, 1.54) is 11.1 Å². The number of guanidine groups is 1. The van der Waals surface area contributed by atoms with E-state index < -0.39 is 0 Å². The minimum Gasteiger partial charge on any atom is -0.493 e. The van der Waals surface area contributed by atoms with Crippen LogP contribution in [0.1, 0.15) is 11.1 Å². The number of aliphatic imine (C=N–C) groups is 1. The number of nitrogens with one attached hydrogen (secondary N) is 2. The molecule has 0 spiro atoms. The Labute approximate surface area is 160 Å². The van der Waals surface area contributed by atoms with E-state index in [-0.39, 0.29) is 24.0 Å². The van der Waals surface area contributed by atoms with Gasteiger partial charge in [0.1, 0.15) is 0 Å². The summed E-state index contributed by atoms with van der Waals surface area (Å²) in [5.74, 6) is 2.06. The van der Waals surface area contributed by atoms with E-state index in [4.69, 9.17) is 9.47 Å². The number of nitrogens with zero attached hydrogens (tertiary/aromatic N) is 1. The number of hydrogen-bond donors (Lipinski definition) is 2. The molecule has 0 aliphatic heterocycles. The van der Waals surface area contributed by atoms with Gasteiger partial charge >= 0.3 is 0 Å². The van der Waals surface area contributed by atoms with Gasteiger partial charge in [0.05, 0.1) is 14.2 Å². The lowest BCUT2D eigenvalue weighted by atomic mass is 10.1. The first-order valence-corrected chi connectivity index (χ1v) is 7.41. The number of ether oxygens (including phenoxy) is 2. The van der Waals surface area contributed by atoms with Crippen LogP contribution in [0.25, 0.3) is 0 Å². The van der Waals surface area contributed by atoms with E-state index in [1.54, 1.807) is 21.3 Å². The molecule has 0 heterocycles. The summed E-state index contributed by atoms with van der Waals surface area (Å²) < 4.78 is 10.5. The van der Waals surface area contributed by atoms with Crippen molar-refractivity contribution in [3.63, 3.8) is 0 Å². The van der Waals surface area contributed by atoms with Gasteiger partial charge in [-0.3, -0.25) is 4.99 Å². The molecule has 0 radical (unpaired) electrons. The van der Waals surface area contributed by atoms with Crippen molar-refractivity contribution in [3.8, 4) is 11.5 Å². The lowest BCUT2D eigenvalue weighted by molar-refractivity contribution is 0.355. The average molecular weight is 441 g/mol. The summed E-state index contributed by atoms with van der Waals surface area (Å²) in [7, 11) is 4.98. The molecule has 0 fully saturated rings. The Balaban J connectivity index is 0.00000288. The topological polar surface area (TPSA) is 54.9 Å². The van der Waals surface area contributed by atoms with Crippen molar-refractivity contribution in [1.29, 1.82) is 0 Å². The van der Waals surface area contributed by atoms with Gasteiger partial charge in [0, 0.05) is 25.3 Å². The number of anilines is 1. The summed E-state index contributed by atoms with van der Waals surface area (Å²) >= 11 is 0. The van der Waals surface area contributed by atoms with Crippen LogP contribution in [0.4, 0.5) is 5.69 Å². The van der Waals surface area contributed by atoms with E-state index in [2.05, 4.69) is 46.8 Å². The quantitative estimate of drug-likeness (QED) is 0.421. The lowest BCUT2D eigenvalue weighted by Gasteiger charge is -2.14. The van der Waals surface area contributed by atoms with Crippen LogP contribution in [0.3, 0.4) is 0 Å². The third-order valence-electron chi connectivity index (χ3n) is 3.45. The molecule has 2 aromatic rings. The van der Waals surface area contributed by atoms with Crippen LogP contribution in [0.5, 0.6) is 11.5 Å². The van der Waals surface area contributed by atoms with Crippen LogP contribution in [0.15, 0.2) is 47.5 Å². The summed E-state index contributed by atoms with van der Waals surface area (Å²) in [6, 6.07) is 14.0. The van der Waals surface area contributed by atoms with Gasteiger partial charge in [0.15, 0.2) is 17.5 Å². The number of hydrogen-bond acceptors (Lipinski definition) is 3. The zero-order chi connectivity index (χ0) is 16.7. The van der Waals surface area contributed by atoms with Crippen molar-refractivity contribution in [1.82, 2.24) is 5.32 Å². The maximum absolute atomic E-state index is 5.31. The Morgan fingerprint density at radius 2 is 1.67 bits per heavy atom. The normalized spacial score (nSPS) is 10.6. The second-order valence-electron chi connectivity index (χ2n) is 5.11. The Bertz CT molecular complexity index is 672. The second-order valence-corrected chi connectivity index (χ2v) is 5.11. The highest BCUT2D eigenvalue weighted by Crippen LogP contribution is 2.29. The Morgan fingerprint density at radius 1 is 1.00 bits per heavy atom. The smallest absolute Gasteiger partial charge is 0.195 e. The van der Waals surface area contributed by atoms with E-state index in [0.717, 1.165) is 5.69 Å². The largest absolute Gasteiger partial charge is 0.493 e. The van der Waals surface area contributed by atoms with Gasteiger partial charge in [-0.05, 0) is 24.6 Å². The first-order chi connectivity index (χ1) is 11.2. The maximum atomic E-state index is 5.31. The van der Waals surface area contributed by atoms with Crippen molar-refractivity contribution in [2.24, 2.45) is 4.99 Å². The molecule has 5 nitrogen and oxygen atoms in total. The minimum absolute atomic E-state index is 0. The number of aryl methyl sites for hydroxylation is 1. The van der Waals surface area contributed by atoms with Crippen molar-refractivity contribution < 1.29 is 9.47 Å². The standard InChI is InChI=1S/C18H23N3O2.HI/c1-13-5-7-14(8-6-13)12-20-18(19-2)21-15-9-10-16(22-3)17(11-15)23-4;/h5-11H,12H2,1-4H3,(H2,19,20,21);1H. The third-order valence-corrected chi connectivity index (χ3v) is 3.45. The predicted molar refractivity (Wildman–Crippen MR) is 110 cm³/mol. The van der Waals surface area contributed by atoms with Gasteiger partial charge in [-0.25, -0.2) is 0 Å². The molecule has 0 aromatic heterocycles. The molecule has 6 heteroatoms. The van der Waals surface area contributed by atoms with Gasteiger partial charge in [-0.15, -0.1) is 24.0 Å². The van der Waals surface area contributed by atoms with E-state index in [0.29, 0.717) is 24.0 Å². The molecule has 0 bridgehead atoms. The second kappa shape index (κ2) is 10.0. The van der Waals surface area contributed by atoms with Crippen LogP contribution in [0, 0.1) is 6.92 Å². The summed E-state index contributed by atoms with van der Waals surface area (Å²) in [5, 5.41) is 6.53. The lowest BCUT2D eigenvalue weighted by Crippen LogP contribution is -2.30. The molecule has 2 rings (SSSR count). The molecule has 130 valence electrons. The summed E-state index contributed by atoms with van der Waals surface area (Å²) in [4.78, 5) is 4.24. The van der Waals surface area contributed by atoms with Crippen LogP contribution < -0.4 is 20.1 Å². The van der Waals surface area contributed by atoms with E-state index >= 15 is 0 Å². The highest BCUT2D eigenvalue weighted by molar-refractivity contribution is 14.0. The molecule has 0 aliphatic carbocycles. The maximum Gasteiger partial charge on any atom is 0.195 e. The van der Waals surface area contributed by atoms with Crippen molar-refractivity contribution >= 4 is 35.6 Å². The number of halogens is 1. The first-order valence-electron chi connectivity index (χ1n) is 7.41. The number of rotatable bonds is 5.